The molecule has 1 aromatic heterocycles. The monoisotopic (exact) mass is 229 g/mol. The Morgan fingerprint density at radius 1 is 1.47 bits per heavy atom. The largest absolute Gasteiger partial charge is 0.387 e. The molecule has 4 heteroatoms. The first-order valence-corrected chi connectivity index (χ1v) is 5.79. The lowest BCUT2D eigenvalue weighted by Gasteiger charge is -2.20. The van der Waals surface area contributed by atoms with Crippen LogP contribution in [0.2, 0.25) is 0 Å². The number of nitrogens with zero attached hydrogens (tertiary/aromatic N) is 1. The van der Waals surface area contributed by atoms with Gasteiger partial charge in [0.05, 0.1) is 12.3 Å². The SMILES string of the molecule is CC(C)(C)SCC(O)c1cncc(F)c1. The van der Waals surface area contributed by atoms with Crippen LogP contribution in [-0.2, 0) is 0 Å². The van der Waals surface area contributed by atoms with Crippen LogP contribution in [0.25, 0.3) is 0 Å². The van der Waals surface area contributed by atoms with Gasteiger partial charge in [-0.3, -0.25) is 4.98 Å². The number of hydrogen-bond acceptors (Lipinski definition) is 3. The van der Waals surface area contributed by atoms with Crippen LogP contribution in [0.5, 0.6) is 0 Å². The Morgan fingerprint density at radius 3 is 2.67 bits per heavy atom. The Balaban J connectivity index is 2.58. The van der Waals surface area contributed by atoms with Gasteiger partial charge in [0.25, 0.3) is 0 Å². The van der Waals surface area contributed by atoms with Crippen molar-refractivity contribution in [2.45, 2.75) is 31.6 Å². The molecule has 0 aromatic carbocycles. The molecule has 0 saturated heterocycles. The van der Waals surface area contributed by atoms with Gasteiger partial charge in [0, 0.05) is 22.3 Å². The lowest BCUT2D eigenvalue weighted by atomic mass is 10.2. The van der Waals surface area contributed by atoms with Crippen molar-refractivity contribution in [2.24, 2.45) is 0 Å². The van der Waals surface area contributed by atoms with Crippen LogP contribution in [-0.4, -0.2) is 20.6 Å². The predicted molar refractivity (Wildman–Crippen MR) is 61.4 cm³/mol. The van der Waals surface area contributed by atoms with E-state index >= 15 is 0 Å². The number of aliphatic hydroxyl groups excluding tert-OH is 1. The summed E-state index contributed by atoms with van der Waals surface area (Å²) in [5.41, 5.74) is 0.534. The molecule has 0 aliphatic heterocycles. The van der Waals surface area contributed by atoms with Gasteiger partial charge in [0.2, 0.25) is 0 Å². The highest BCUT2D eigenvalue weighted by atomic mass is 32.2. The van der Waals surface area contributed by atoms with E-state index in [1.54, 1.807) is 11.8 Å². The Hall–Kier alpha value is -0.610. The molecular formula is C11H16FNOS. The molecule has 0 aliphatic carbocycles. The summed E-state index contributed by atoms with van der Waals surface area (Å²) in [5, 5.41) is 9.78. The van der Waals surface area contributed by atoms with Crippen molar-refractivity contribution >= 4 is 11.8 Å². The highest BCUT2D eigenvalue weighted by Crippen LogP contribution is 2.28. The lowest BCUT2D eigenvalue weighted by Crippen LogP contribution is -2.12. The highest BCUT2D eigenvalue weighted by Gasteiger charge is 2.15. The Morgan fingerprint density at radius 2 is 2.13 bits per heavy atom. The molecular weight excluding hydrogens is 213 g/mol. The topological polar surface area (TPSA) is 33.1 Å². The van der Waals surface area contributed by atoms with E-state index < -0.39 is 11.9 Å². The molecule has 1 rings (SSSR count). The smallest absolute Gasteiger partial charge is 0.141 e. The summed E-state index contributed by atoms with van der Waals surface area (Å²) in [6.07, 6.45) is 1.97. The van der Waals surface area contributed by atoms with Crippen LogP contribution in [0.4, 0.5) is 4.39 Å². The standard InChI is InChI=1S/C11H16FNOS/c1-11(2,3)15-7-10(14)8-4-9(12)6-13-5-8/h4-6,10,14H,7H2,1-3H3. The van der Waals surface area contributed by atoms with Crippen molar-refractivity contribution in [1.29, 1.82) is 0 Å². The maximum atomic E-state index is 12.8. The molecule has 1 atom stereocenters. The molecule has 1 aromatic rings. The average Bonchev–Trinajstić information content (AvgIpc) is 2.13. The van der Waals surface area contributed by atoms with Crippen LogP contribution in [0, 0.1) is 5.82 Å². The number of hydrogen-bond donors (Lipinski definition) is 1. The maximum absolute atomic E-state index is 12.8. The van der Waals surface area contributed by atoms with Crippen LogP contribution in [0.3, 0.4) is 0 Å². The van der Waals surface area contributed by atoms with E-state index in [2.05, 4.69) is 25.8 Å². The molecule has 84 valence electrons. The average molecular weight is 229 g/mol. The first kappa shape index (κ1) is 12.5. The second-order valence-electron chi connectivity index (χ2n) is 4.38. The number of aliphatic hydroxyl groups is 1. The second kappa shape index (κ2) is 4.94. The second-order valence-corrected chi connectivity index (χ2v) is 6.22. The molecule has 0 spiro atoms. The van der Waals surface area contributed by atoms with Gasteiger partial charge in [-0.05, 0) is 6.07 Å². The lowest BCUT2D eigenvalue weighted by molar-refractivity contribution is 0.203. The van der Waals surface area contributed by atoms with Gasteiger partial charge in [-0.25, -0.2) is 4.39 Å². The third-order valence-corrected chi connectivity index (χ3v) is 3.13. The van der Waals surface area contributed by atoms with Gasteiger partial charge in [-0.2, -0.15) is 11.8 Å². The van der Waals surface area contributed by atoms with Gasteiger partial charge in [-0.15, -0.1) is 0 Å². The van der Waals surface area contributed by atoms with Crippen LogP contribution >= 0.6 is 11.8 Å². The molecule has 2 nitrogen and oxygen atoms in total. The summed E-state index contributed by atoms with van der Waals surface area (Å²) in [4.78, 5) is 3.71. The van der Waals surface area contributed by atoms with Crippen LogP contribution in [0.15, 0.2) is 18.5 Å². The van der Waals surface area contributed by atoms with E-state index in [4.69, 9.17) is 0 Å². The number of halogens is 1. The normalized spacial score (nSPS) is 13.9. The first-order valence-electron chi connectivity index (χ1n) is 4.81. The molecule has 15 heavy (non-hydrogen) atoms. The minimum atomic E-state index is -0.655. The third kappa shape index (κ3) is 4.62. The summed E-state index contributed by atoms with van der Waals surface area (Å²) in [6.45, 7) is 6.23. The summed E-state index contributed by atoms with van der Waals surface area (Å²) < 4.78 is 12.9. The fourth-order valence-electron chi connectivity index (χ4n) is 1.04. The van der Waals surface area contributed by atoms with Gasteiger partial charge < -0.3 is 5.11 Å². The van der Waals surface area contributed by atoms with Crippen molar-refractivity contribution < 1.29 is 9.50 Å². The Bertz CT molecular complexity index is 325. The molecule has 1 N–H and O–H groups in total. The van der Waals surface area contributed by atoms with E-state index in [1.807, 2.05) is 0 Å². The van der Waals surface area contributed by atoms with Crippen LogP contribution in [0.1, 0.15) is 32.4 Å². The van der Waals surface area contributed by atoms with Gasteiger partial charge in [0.15, 0.2) is 0 Å². The minimum absolute atomic E-state index is 0.0989. The van der Waals surface area contributed by atoms with Crippen molar-refractivity contribution in [2.75, 3.05) is 5.75 Å². The summed E-state index contributed by atoms with van der Waals surface area (Å²) in [5.74, 6) is 0.140. The van der Waals surface area contributed by atoms with Gasteiger partial charge in [-0.1, -0.05) is 20.8 Å². The van der Waals surface area contributed by atoms with E-state index in [1.165, 1.54) is 12.3 Å². The Labute approximate surface area is 93.9 Å². The minimum Gasteiger partial charge on any atom is -0.387 e. The van der Waals surface area contributed by atoms with E-state index in [9.17, 15) is 9.50 Å². The van der Waals surface area contributed by atoms with Crippen molar-refractivity contribution in [3.05, 3.63) is 29.8 Å². The zero-order valence-corrected chi connectivity index (χ0v) is 10.0. The zero-order chi connectivity index (χ0) is 11.5. The molecule has 0 bridgehead atoms. The fourth-order valence-corrected chi connectivity index (χ4v) is 1.89. The van der Waals surface area contributed by atoms with Crippen molar-refractivity contribution in [3.8, 4) is 0 Å². The molecule has 0 fully saturated rings. The quantitative estimate of drug-likeness (QED) is 0.865. The molecule has 0 aliphatic rings. The number of aromatic nitrogens is 1. The van der Waals surface area contributed by atoms with Gasteiger partial charge >= 0.3 is 0 Å². The van der Waals surface area contributed by atoms with E-state index in [0.717, 1.165) is 6.20 Å². The third-order valence-electron chi connectivity index (χ3n) is 1.79. The zero-order valence-electron chi connectivity index (χ0n) is 9.20. The summed E-state index contributed by atoms with van der Waals surface area (Å²) in [7, 11) is 0. The van der Waals surface area contributed by atoms with Gasteiger partial charge in [0.1, 0.15) is 5.82 Å². The number of thioether (sulfide) groups is 1. The maximum Gasteiger partial charge on any atom is 0.141 e. The molecule has 1 unspecified atom stereocenters. The molecule has 1 heterocycles. The first-order chi connectivity index (χ1) is 6.88. The Kier molecular flexibility index (Phi) is 4.11. The fraction of sp³-hybridized carbons (Fsp3) is 0.545. The van der Waals surface area contributed by atoms with E-state index in [0.29, 0.717) is 11.3 Å². The van der Waals surface area contributed by atoms with Crippen molar-refractivity contribution in [3.63, 3.8) is 0 Å². The summed E-state index contributed by atoms with van der Waals surface area (Å²) in [6, 6.07) is 1.32. The number of rotatable bonds is 3. The highest BCUT2D eigenvalue weighted by molar-refractivity contribution is 8.00. The molecule has 0 radical (unpaired) electrons. The van der Waals surface area contributed by atoms with Crippen molar-refractivity contribution in [1.82, 2.24) is 4.98 Å². The summed E-state index contributed by atoms with van der Waals surface area (Å²) >= 11 is 1.64. The van der Waals surface area contributed by atoms with E-state index in [-0.39, 0.29) is 4.75 Å². The number of pyridine rings is 1. The predicted octanol–water partition coefficient (Wildman–Crippen LogP) is 2.79. The molecule has 0 saturated carbocycles. The van der Waals surface area contributed by atoms with Crippen LogP contribution < -0.4 is 0 Å². The molecule has 0 amide bonds.